The molecule has 158 valence electrons. The summed E-state index contributed by atoms with van der Waals surface area (Å²) in [6.45, 7) is 4.00. The maximum Gasteiger partial charge on any atom is 0.250 e. The van der Waals surface area contributed by atoms with Crippen LogP contribution in [0.15, 0.2) is 53.3 Å². The van der Waals surface area contributed by atoms with E-state index in [2.05, 4.69) is 0 Å². The van der Waals surface area contributed by atoms with Crippen molar-refractivity contribution in [3.63, 3.8) is 0 Å². The van der Waals surface area contributed by atoms with Crippen LogP contribution < -0.4 is 10.3 Å². The largest absolute Gasteiger partial charge is 0.486 e. The molecule has 4 rings (SSSR count). The van der Waals surface area contributed by atoms with E-state index in [4.69, 9.17) is 14.2 Å². The molecule has 2 heterocycles. The molecule has 1 aliphatic heterocycles. The molecule has 0 N–H and O–H groups in total. The number of hydrogen-bond acceptors (Lipinski definition) is 4. The molecule has 30 heavy (non-hydrogen) atoms. The van der Waals surface area contributed by atoms with Crippen LogP contribution in [0.2, 0.25) is 0 Å². The zero-order valence-electron chi connectivity index (χ0n) is 17.3. The van der Waals surface area contributed by atoms with Gasteiger partial charge >= 0.3 is 0 Å². The van der Waals surface area contributed by atoms with Crippen LogP contribution in [0.3, 0.4) is 0 Å². The SMILES string of the molecule is CCn1c(=O)ccc2cc(COc3cc(C4(OC)CCOCC4)ccc3F)ccc21. The average molecular weight is 411 g/mol. The first-order chi connectivity index (χ1) is 14.6. The second kappa shape index (κ2) is 8.58. The maximum absolute atomic E-state index is 14.4. The van der Waals surface area contributed by atoms with Crippen molar-refractivity contribution in [2.24, 2.45) is 0 Å². The lowest BCUT2D eigenvalue weighted by Crippen LogP contribution is -2.35. The number of rotatable bonds is 6. The quantitative estimate of drug-likeness (QED) is 0.604. The van der Waals surface area contributed by atoms with Gasteiger partial charge in [0.1, 0.15) is 6.61 Å². The molecule has 2 aromatic carbocycles. The second-order valence-corrected chi connectivity index (χ2v) is 7.55. The van der Waals surface area contributed by atoms with Gasteiger partial charge in [0, 0.05) is 45.8 Å². The first-order valence-corrected chi connectivity index (χ1v) is 10.2. The van der Waals surface area contributed by atoms with E-state index in [1.165, 1.54) is 6.07 Å². The zero-order valence-corrected chi connectivity index (χ0v) is 17.3. The molecule has 6 heteroatoms. The molecule has 3 aromatic rings. The maximum atomic E-state index is 14.4. The summed E-state index contributed by atoms with van der Waals surface area (Å²) in [6, 6.07) is 14.1. The Balaban J connectivity index is 1.58. The fraction of sp³-hybridized carbons (Fsp3) is 0.375. The first-order valence-electron chi connectivity index (χ1n) is 10.2. The summed E-state index contributed by atoms with van der Waals surface area (Å²) in [5.41, 5.74) is 2.18. The van der Waals surface area contributed by atoms with Crippen LogP contribution >= 0.6 is 0 Å². The molecule has 0 bridgehead atoms. The Hall–Kier alpha value is -2.70. The molecule has 1 saturated heterocycles. The van der Waals surface area contributed by atoms with E-state index < -0.39 is 11.4 Å². The van der Waals surface area contributed by atoms with Gasteiger partial charge in [-0.3, -0.25) is 4.79 Å². The third-order valence-corrected chi connectivity index (χ3v) is 5.91. The summed E-state index contributed by atoms with van der Waals surface area (Å²) in [5.74, 6) is -0.202. The smallest absolute Gasteiger partial charge is 0.250 e. The summed E-state index contributed by atoms with van der Waals surface area (Å²) in [5, 5.41) is 0.951. The van der Waals surface area contributed by atoms with Gasteiger partial charge in [-0.15, -0.1) is 0 Å². The Labute approximate surface area is 175 Å². The van der Waals surface area contributed by atoms with Crippen LogP contribution in [-0.2, 0) is 28.2 Å². The topological polar surface area (TPSA) is 49.7 Å². The lowest BCUT2D eigenvalue weighted by Gasteiger charge is -2.36. The molecule has 0 unspecified atom stereocenters. The number of fused-ring (bicyclic) bond motifs is 1. The highest BCUT2D eigenvalue weighted by atomic mass is 19.1. The van der Waals surface area contributed by atoms with E-state index in [1.54, 1.807) is 29.9 Å². The number of aryl methyl sites for hydroxylation is 1. The van der Waals surface area contributed by atoms with Crippen LogP contribution in [0.25, 0.3) is 10.9 Å². The Bertz CT molecular complexity index is 1100. The van der Waals surface area contributed by atoms with Crippen molar-refractivity contribution < 1.29 is 18.6 Å². The number of benzene rings is 2. The molecule has 1 fully saturated rings. The van der Waals surface area contributed by atoms with Crippen LogP contribution in [0.4, 0.5) is 4.39 Å². The average Bonchev–Trinajstić information content (AvgIpc) is 2.79. The molecule has 0 spiro atoms. The van der Waals surface area contributed by atoms with Gasteiger partial charge in [0.2, 0.25) is 0 Å². The number of aromatic nitrogens is 1. The number of halogens is 1. The normalized spacial score (nSPS) is 16.0. The minimum absolute atomic E-state index is 0.0203. The van der Waals surface area contributed by atoms with Crippen molar-refractivity contribution in [1.29, 1.82) is 0 Å². The van der Waals surface area contributed by atoms with Crippen molar-refractivity contribution >= 4 is 10.9 Å². The van der Waals surface area contributed by atoms with Crippen molar-refractivity contribution in [3.05, 3.63) is 75.8 Å². The van der Waals surface area contributed by atoms with Crippen LogP contribution in [-0.4, -0.2) is 24.9 Å². The third kappa shape index (κ3) is 3.85. The van der Waals surface area contributed by atoms with Gasteiger partial charge in [0.05, 0.1) is 11.1 Å². The Morgan fingerprint density at radius 2 is 1.90 bits per heavy atom. The van der Waals surface area contributed by atoms with Crippen molar-refractivity contribution in [2.75, 3.05) is 20.3 Å². The van der Waals surface area contributed by atoms with Gasteiger partial charge in [0.25, 0.3) is 5.56 Å². The van der Waals surface area contributed by atoms with E-state index >= 15 is 0 Å². The molecule has 0 saturated carbocycles. The standard InChI is InChI=1S/C24H26FNO4/c1-3-26-21-8-4-17(14-18(21)5-9-23(26)27)16-30-22-15-19(6-7-20(22)25)24(28-2)10-12-29-13-11-24/h4-9,14-15H,3,10-13,16H2,1-2H3. The highest BCUT2D eigenvalue weighted by Crippen LogP contribution is 2.37. The molecule has 0 radical (unpaired) electrons. The first kappa shape index (κ1) is 20.6. The van der Waals surface area contributed by atoms with Crippen molar-refractivity contribution in [1.82, 2.24) is 4.57 Å². The minimum Gasteiger partial charge on any atom is -0.486 e. The summed E-state index contributed by atoms with van der Waals surface area (Å²) < 4.78 is 33.3. The van der Waals surface area contributed by atoms with Gasteiger partial charge in [-0.25, -0.2) is 4.39 Å². The van der Waals surface area contributed by atoms with Crippen molar-refractivity contribution in [2.45, 2.75) is 38.5 Å². The lowest BCUT2D eigenvalue weighted by atomic mass is 9.86. The minimum atomic E-state index is -0.475. The number of hydrogen-bond donors (Lipinski definition) is 0. The molecule has 1 aliphatic rings. The van der Waals surface area contributed by atoms with Gasteiger partial charge in [0.15, 0.2) is 11.6 Å². The summed E-state index contributed by atoms with van der Waals surface area (Å²) in [4.78, 5) is 12.0. The molecule has 5 nitrogen and oxygen atoms in total. The van der Waals surface area contributed by atoms with Gasteiger partial charge in [-0.2, -0.15) is 0 Å². The zero-order chi connectivity index (χ0) is 21.1. The number of pyridine rings is 1. The molecular weight excluding hydrogens is 385 g/mol. The van der Waals surface area contributed by atoms with E-state index in [9.17, 15) is 9.18 Å². The molecule has 0 aliphatic carbocycles. The number of nitrogens with zero attached hydrogens (tertiary/aromatic N) is 1. The summed E-state index contributed by atoms with van der Waals surface area (Å²) in [6.07, 6.45) is 1.44. The predicted octanol–water partition coefficient (Wildman–Crippen LogP) is 4.39. The second-order valence-electron chi connectivity index (χ2n) is 7.55. The van der Waals surface area contributed by atoms with Gasteiger partial charge in [-0.05, 0) is 53.8 Å². The molecule has 1 aromatic heterocycles. The number of methoxy groups -OCH3 is 1. The monoisotopic (exact) mass is 411 g/mol. The fourth-order valence-corrected chi connectivity index (χ4v) is 4.14. The van der Waals surface area contributed by atoms with Gasteiger partial charge < -0.3 is 18.8 Å². The summed E-state index contributed by atoms with van der Waals surface area (Å²) >= 11 is 0. The van der Waals surface area contributed by atoms with Gasteiger partial charge in [-0.1, -0.05) is 12.1 Å². The molecule has 0 atom stereocenters. The third-order valence-electron chi connectivity index (χ3n) is 5.91. The molecular formula is C24H26FNO4. The summed E-state index contributed by atoms with van der Waals surface area (Å²) in [7, 11) is 1.68. The Morgan fingerprint density at radius 1 is 1.10 bits per heavy atom. The van der Waals surface area contributed by atoms with Crippen LogP contribution in [0.1, 0.15) is 30.9 Å². The predicted molar refractivity (Wildman–Crippen MR) is 113 cm³/mol. The Morgan fingerprint density at radius 3 is 2.63 bits per heavy atom. The van der Waals surface area contributed by atoms with Crippen molar-refractivity contribution in [3.8, 4) is 5.75 Å². The van der Waals surface area contributed by atoms with E-state index in [0.717, 1.165) is 34.9 Å². The highest BCUT2D eigenvalue weighted by Gasteiger charge is 2.35. The Kier molecular flexibility index (Phi) is 5.88. The fourth-order valence-electron chi connectivity index (χ4n) is 4.14. The highest BCUT2D eigenvalue weighted by molar-refractivity contribution is 5.79. The number of ether oxygens (including phenoxy) is 3. The van der Waals surface area contributed by atoms with Crippen LogP contribution in [0, 0.1) is 5.82 Å². The lowest BCUT2D eigenvalue weighted by molar-refractivity contribution is -0.0949. The van der Waals surface area contributed by atoms with Crippen LogP contribution in [0.5, 0.6) is 5.75 Å². The van der Waals surface area contributed by atoms with E-state index in [1.807, 2.05) is 31.2 Å². The van der Waals surface area contributed by atoms with E-state index in [0.29, 0.717) is 19.8 Å². The van der Waals surface area contributed by atoms with E-state index in [-0.39, 0.29) is 17.9 Å². The molecule has 0 amide bonds.